The molecule has 0 spiro atoms. The van der Waals surface area contributed by atoms with Crippen LogP contribution >= 0.6 is 0 Å². The molecule has 0 saturated carbocycles. The molecule has 0 aliphatic heterocycles. The van der Waals surface area contributed by atoms with Crippen LogP contribution in [0.4, 0.5) is 0 Å². The monoisotopic (exact) mass is 177 g/mol. The van der Waals surface area contributed by atoms with Gasteiger partial charge >= 0.3 is 0 Å². The number of methoxy groups -OCH3 is 1. The lowest BCUT2D eigenvalue weighted by Gasteiger charge is -2.27. The van der Waals surface area contributed by atoms with E-state index in [1.54, 1.807) is 13.7 Å². The highest BCUT2D eigenvalue weighted by molar-refractivity contribution is 6.14. The van der Waals surface area contributed by atoms with E-state index in [0.717, 1.165) is 10.2 Å². The van der Waals surface area contributed by atoms with E-state index in [2.05, 4.69) is 0 Å². The summed E-state index contributed by atoms with van der Waals surface area (Å²) in [6.07, 6.45) is 0. The molecule has 0 N–H and O–H groups in total. The Hall–Kier alpha value is 0.0969. The number of rotatable bonds is 6. The lowest BCUT2D eigenvalue weighted by atomic mass is 10.6. The Morgan fingerprint density at radius 2 is 1.73 bits per heavy atom. The fourth-order valence-corrected chi connectivity index (χ4v) is 1.71. The molecule has 0 aromatic rings. The minimum atomic E-state index is -0.557. The highest BCUT2D eigenvalue weighted by Crippen LogP contribution is 2.12. The van der Waals surface area contributed by atoms with Gasteiger partial charge in [-0.15, -0.1) is 0 Å². The van der Waals surface area contributed by atoms with Crippen LogP contribution in [0.25, 0.3) is 0 Å². The molecule has 1 radical (unpaired) electrons. The first kappa shape index (κ1) is 11.1. The Labute approximate surface area is 71.4 Å². The third-order valence-electron chi connectivity index (χ3n) is 1.19. The van der Waals surface area contributed by atoms with Crippen molar-refractivity contribution in [3.05, 3.63) is 6.61 Å². The standard InChI is InChI=1S/C7H17O3Si/c1-4-9-7(11,6-8-3)10-5-2/h6H,4-5H2,1-3,11H3. The SMILES string of the molecule is CCOC([SiH3])([CH]OC)OCC. The van der Waals surface area contributed by atoms with Crippen molar-refractivity contribution in [2.45, 2.75) is 19.3 Å². The fourth-order valence-electron chi connectivity index (χ4n) is 0.897. The Bertz CT molecular complexity index is 80.7. The van der Waals surface area contributed by atoms with Crippen molar-refractivity contribution in [2.24, 2.45) is 0 Å². The molecule has 0 heterocycles. The molecule has 0 saturated heterocycles. The second kappa shape index (κ2) is 5.71. The van der Waals surface area contributed by atoms with Crippen LogP contribution in [0, 0.1) is 6.61 Å². The zero-order valence-corrected chi connectivity index (χ0v) is 9.72. The van der Waals surface area contributed by atoms with Crippen LogP contribution < -0.4 is 0 Å². The smallest absolute Gasteiger partial charge is 0.169 e. The van der Waals surface area contributed by atoms with Gasteiger partial charge in [-0.3, -0.25) is 0 Å². The van der Waals surface area contributed by atoms with Crippen LogP contribution in [0.15, 0.2) is 0 Å². The quantitative estimate of drug-likeness (QED) is 0.418. The lowest BCUT2D eigenvalue weighted by Crippen LogP contribution is -2.37. The maximum absolute atomic E-state index is 5.37. The molecular formula is C7H17O3Si. The first-order valence-electron chi connectivity index (χ1n) is 3.83. The summed E-state index contributed by atoms with van der Waals surface area (Å²) in [5.74, 6) is 0. The van der Waals surface area contributed by atoms with E-state index in [4.69, 9.17) is 14.2 Å². The zero-order chi connectivity index (χ0) is 8.74. The van der Waals surface area contributed by atoms with Gasteiger partial charge in [-0.05, 0) is 13.8 Å². The minimum absolute atomic E-state index is 0.557. The van der Waals surface area contributed by atoms with Gasteiger partial charge in [-0.25, -0.2) is 0 Å². The molecular weight excluding hydrogens is 160 g/mol. The van der Waals surface area contributed by atoms with Gasteiger partial charge in [0.05, 0.1) is 10.2 Å². The molecule has 0 aliphatic rings. The Morgan fingerprint density at radius 3 is 2.00 bits per heavy atom. The van der Waals surface area contributed by atoms with Crippen molar-refractivity contribution in [3.8, 4) is 0 Å². The van der Waals surface area contributed by atoms with Crippen LogP contribution in [-0.4, -0.2) is 36.0 Å². The van der Waals surface area contributed by atoms with E-state index in [1.807, 2.05) is 13.8 Å². The third-order valence-corrected chi connectivity index (χ3v) is 2.01. The first-order chi connectivity index (χ1) is 5.18. The van der Waals surface area contributed by atoms with Gasteiger partial charge < -0.3 is 14.2 Å². The molecule has 0 aromatic carbocycles. The van der Waals surface area contributed by atoms with E-state index in [1.165, 1.54) is 0 Å². The summed E-state index contributed by atoms with van der Waals surface area (Å²) < 4.78 is 15.6. The summed E-state index contributed by atoms with van der Waals surface area (Å²) in [6, 6.07) is 0. The molecule has 0 fully saturated rings. The van der Waals surface area contributed by atoms with Gasteiger partial charge in [0, 0.05) is 20.3 Å². The predicted octanol–water partition coefficient (Wildman–Crippen LogP) is -0.113. The number of hydrogen-bond donors (Lipinski definition) is 0. The summed E-state index contributed by atoms with van der Waals surface area (Å²) in [6.45, 7) is 6.77. The Morgan fingerprint density at radius 1 is 1.27 bits per heavy atom. The molecule has 3 nitrogen and oxygen atoms in total. The van der Waals surface area contributed by atoms with Crippen LogP contribution in [0.3, 0.4) is 0 Å². The molecule has 0 atom stereocenters. The number of hydrogen-bond acceptors (Lipinski definition) is 3. The first-order valence-corrected chi connectivity index (χ1v) is 4.83. The van der Waals surface area contributed by atoms with Gasteiger partial charge in [0.15, 0.2) is 5.41 Å². The molecule has 0 unspecified atom stereocenters. The maximum atomic E-state index is 5.37. The fraction of sp³-hybridized carbons (Fsp3) is 0.857. The average molecular weight is 177 g/mol. The van der Waals surface area contributed by atoms with Gasteiger partial charge in [0.2, 0.25) is 0 Å². The highest BCUT2D eigenvalue weighted by atomic mass is 28.1. The van der Waals surface area contributed by atoms with Crippen LogP contribution in [0.5, 0.6) is 0 Å². The second-order valence-corrected chi connectivity index (χ2v) is 3.63. The van der Waals surface area contributed by atoms with E-state index < -0.39 is 5.41 Å². The minimum Gasteiger partial charge on any atom is -0.373 e. The molecule has 0 aromatic heterocycles. The molecule has 67 valence electrons. The highest BCUT2D eigenvalue weighted by Gasteiger charge is 2.24. The molecule has 0 bridgehead atoms. The predicted molar refractivity (Wildman–Crippen MR) is 47.2 cm³/mol. The normalized spacial score (nSPS) is 12.3. The molecule has 4 heteroatoms. The third kappa shape index (κ3) is 4.52. The van der Waals surface area contributed by atoms with E-state index >= 15 is 0 Å². The van der Waals surface area contributed by atoms with Crippen molar-refractivity contribution >= 4 is 10.2 Å². The van der Waals surface area contributed by atoms with Crippen molar-refractivity contribution in [2.75, 3.05) is 20.3 Å². The molecule has 0 aliphatic carbocycles. The topological polar surface area (TPSA) is 27.7 Å². The lowest BCUT2D eigenvalue weighted by molar-refractivity contribution is -0.173. The summed E-state index contributed by atoms with van der Waals surface area (Å²) in [5, 5.41) is 0. The molecule has 11 heavy (non-hydrogen) atoms. The summed E-state index contributed by atoms with van der Waals surface area (Å²) in [7, 11) is 2.37. The second-order valence-electron chi connectivity index (χ2n) is 2.24. The zero-order valence-electron chi connectivity index (χ0n) is 7.72. The van der Waals surface area contributed by atoms with Crippen LogP contribution in [-0.2, 0) is 14.2 Å². The maximum Gasteiger partial charge on any atom is 0.169 e. The summed E-state index contributed by atoms with van der Waals surface area (Å²) in [4.78, 5) is 0. The van der Waals surface area contributed by atoms with Crippen molar-refractivity contribution in [1.82, 2.24) is 0 Å². The van der Waals surface area contributed by atoms with Gasteiger partial charge in [0.1, 0.15) is 6.61 Å². The van der Waals surface area contributed by atoms with Crippen molar-refractivity contribution < 1.29 is 14.2 Å². The van der Waals surface area contributed by atoms with Crippen LogP contribution in [0.1, 0.15) is 13.8 Å². The van der Waals surface area contributed by atoms with Crippen molar-refractivity contribution in [1.29, 1.82) is 0 Å². The van der Waals surface area contributed by atoms with E-state index in [0.29, 0.717) is 13.2 Å². The van der Waals surface area contributed by atoms with Gasteiger partial charge in [-0.2, -0.15) is 0 Å². The average Bonchev–Trinajstić information content (AvgIpc) is 1.88. The van der Waals surface area contributed by atoms with Gasteiger partial charge in [-0.1, -0.05) is 0 Å². The van der Waals surface area contributed by atoms with E-state index in [9.17, 15) is 0 Å². The largest absolute Gasteiger partial charge is 0.373 e. The Kier molecular flexibility index (Phi) is 5.76. The van der Waals surface area contributed by atoms with Crippen molar-refractivity contribution in [3.63, 3.8) is 0 Å². The summed E-state index contributed by atoms with van der Waals surface area (Å²) in [5.41, 5.74) is -0.557. The molecule has 0 rings (SSSR count). The molecule has 0 amide bonds. The van der Waals surface area contributed by atoms with Gasteiger partial charge in [0.25, 0.3) is 0 Å². The van der Waals surface area contributed by atoms with E-state index in [-0.39, 0.29) is 0 Å². The Balaban J connectivity index is 3.79. The number of ether oxygens (including phenoxy) is 3. The summed E-state index contributed by atoms with van der Waals surface area (Å²) >= 11 is 0. The van der Waals surface area contributed by atoms with Crippen LogP contribution in [0.2, 0.25) is 0 Å².